The van der Waals surface area contributed by atoms with Gasteiger partial charge in [-0.25, -0.2) is 19.9 Å². The summed E-state index contributed by atoms with van der Waals surface area (Å²) >= 11 is 6.93. The first-order valence-corrected chi connectivity index (χ1v) is 44.6. The Morgan fingerprint density at radius 2 is 0.677 bits per heavy atom. The molecule has 0 unspecified atom stereocenters. The molecule has 12 aromatic rings. The monoisotopic (exact) mass is 1910 g/mol. The fourth-order valence-electron chi connectivity index (χ4n) is 16.7. The predicted molar refractivity (Wildman–Crippen MR) is 538 cm³/mol. The molecule has 18 rings (SSSR count). The lowest BCUT2D eigenvalue weighted by atomic mass is 10.0. The average Bonchev–Trinajstić information content (AvgIpc) is 0.932. The van der Waals surface area contributed by atoms with Crippen molar-refractivity contribution in [1.29, 1.82) is 0 Å². The van der Waals surface area contributed by atoms with Crippen LogP contribution in [0.15, 0.2) is 170 Å². The normalized spacial score (nSPS) is 15.2. The molecule has 0 bridgehead atoms. The Bertz CT molecular complexity index is 6180. The molecule has 0 radical (unpaired) electrons. The number of benzene rings is 4. The van der Waals surface area contributed by atoms with Crippen LogP contribution in [-0.4, -0.2) is 209 Å². The van der Waals surface area contributed by atoms with Gasteiger partial charge in [0.15, 0.2) is 57.6 Å². The molecular formula is C101H134BrN13O17S. The number of methoxy groups -OCH3 is 8. The summed E-state index contributed by atoms with van der Waals surface area (Å²) in [5.41, 5.74) is 14.4. The van der Waals surface area contributed by atoms with Crippen LogP contribution >= 0.6 is 28.6 Å². The van der Waals surface area contributed by atoms with E-state index in [9.17, 15) is 24.0 Å². The predicted octanol–water partition coefficient (Wildman–Crippen LogP) is 16.8. The molecule has 133 heavy (non-hydrogen) atoms. The Hall–Kier alpha value is -11.6. The number of ketones is 1. The number of thiol groups is 1. The van der Waals surface area contributed by atoms with E-state index in [4.69, 9.17) is 71.8 Å². The zero-order valence-electron chi connectivity index (χ0n) is 75.2. The number of nitrogens with zero attached hydrogens (tertiary/aromatic N) is 11. The van der Waals surface area contributed by atoms with Gasteiger partial charge in [-0.3, -0.25) is 41.6 Å². The molecule has 6 aliphatic heterocycles. The number of rotatable bonds is 18. The Morgan fingerprint density at radius 3 is 0.985 bits per heavy atom. The summed E-state index contributed by atoms with van der Waals surface area (Å²) in [7, 11) is 12.7. The summed E-state index contributed by atoms with van der Waals surface area (Å²) in [4.78, 5) is 88.6. The molecule has 2 N–H and O–H groups in total. The topological polar surface area (TPSA) is 299 Å². The number of carbonyl (C=O) groups is 1. The molecule has 6 aliphatic rings. The first-order chi connectivity index (χ1) is 62.0. The molecule has 0 atom stereocenters. The van der Waals surface area contributed by atoms with Crippen LogP contribution in [0.5, 0.6) is 46.0 Å². The highest BCUT2D eigenvalue weighted by Crippen LogP contribution is 2.39. The third-order valence-electron chi connectivity index (χ3n) is 23.5. The molecule has 8 aromatic heterocycles. The lowest BCUT2D eigenvalue weighted by Crippen LogP contribution is -2.45. The van der Waals surface area contributed by atoms with E-state index in [2.05, 4.69) is 77.9 Å². The number of anilines is 3. The molecule has 718 valence electrons. The van der Waals surface area contributed by atoms with Gasteiger partial charge in [0.25, 0.3) is 22.2 Å². The molecule has 2 spiro atoms. The number of hydrogen-bond acceptors (Lipinski definition) is 27. The van der Waals surface area contributed by atoms with Crippen LogP contribution in [0.4, 0.5) is 17.1 Å². The second-order valence-electron chi connectivity index (χ2n) is 31.7. The second kappa shape index (κ2) is 48.9. The average molecular weight is 1910 g/mol. The number of ether oxygens (including phenoxy) is 12. The Labute approximate surface area is 794 Å². The number of hydrogen-bond donors (Lipinski definition) is 3. The number of aromatic nitrogens is 8. The molecular weight excluding hydrogens is 1780 g/mol. The van der Waals surface area contributed by atoms with Crippen LogP contribution in [0.2, 0.25) is 0 Å². The zero-order chi connectivity index (χ0) is 90.9. The molecule has 6 saturated heterocycles. The molecule has 30 nitrogen and oxygen atoms in total. The summed E-state index contributed by atoms with van der Waals surface area (Å²) in [6.45, 7) is 21.0. The third-order valence-corrected chi connectivity index (χ3v) is 24.0. The molecule has 6 fully saturated rings. The van der Waals surface area contributed by atoms with E-state index in [1.54, 1.807) is 107 Å². The van der Waals surface area contributed by atoms with E-state index < -0.39 is 5.79 Å². The van der Waals surface area contributed by atoms with Crippen molar-refractivity contribution in [3.05, 3.63) is 214 Å². The van der Waals surface area contributed by atoms with Gasteiger partial charge < -0.3 is 82.2 Å². The summed E-state index contributed by atoms with van der Waals surface area (Å²) in [5.74, 6) is 4.59. The van der Waals surface area contributed by atoms with Crippen LogP contribution < -0.4 is 85.5 Å². The van der Waals surface area contributed by atoms with E-state index >= 15 is 0 Å². The highest BCUT2D eigenvalue weighted by Gasteiger charge is 2.41. The summed E-state index contributed by atoms with van der Waals surface area (Å²) in [6, 6.07) is 37.0. The van der Waals surface area contributed by atoms with Crippen molar-refractivity contribution >= 4 is 74.0 Å². The van der Waals surface area contributed by atoms with E-state index in [1.807, 2.05) is 119 Å². The molecule has 32 heteroatoms. The summed E-state index contributed by atoms with van der Waals surface area (Å²) in [5, 5.41) is 6.90. The van der Waals surface area contributed by atoms with E-state index in [0.29, 0.717) is 137 Å². The fourth-order valence-corrected chi connectivity index (χ4v) is 17.2. The van der Waals surface area contributed by atoms with Gasteiger partial charge >= 0.3 is 0 Å². The second-order valence-corrected chi connectivity index (χ2v) is 32.6. The third kappa shape index (κ3) is 24.9. The van der Waals surface area contributed by atoms with Crippen LogP contribution in [-0.2, 0) is 23.7 Å². The van der Waals surface area contributed by atoms with Gasteiger partial charge in [0, 0.05) is 173 Å². The quantitative estimate of drug-likeness (QED) is 0.0672. The number of piperidine rings is 4. The fraction of sp³-hybridized carbons (Fsp3) is 0.436. The highest BCUT2D eigenvalue weighted by molar-refractivity contribution is 9.10. The maximum atomic E-state index is 13.1. The van der Waals surface area contributed by atoms with Gasteiger partial charge in [-0.05, 0) is 195 Å². The SMILES string of the molecule is C.C.C.C.C.C1CC2(CCN1)OCCO2.CCCNC1CCN(c2cc(C)c3nc(-c4ccc(OC)c(OC)c4)cc(=O)n3c2)CC1.COc1ccc(-c2cc(=O)n3cc(Br)cc(C)c3n2)cc1OC.COc1ccc(-c2cc(=O)n3cc(N4CCC(=O)CC4)cc(C)c3n2)cc1OC.COc1ccc(-c2cc(=O)n3cc(N4CCC5(CC4)OCCO5)cc(C)c3n2)cc1OC.CS. The Morgan fingerprint density at radius 1 is 0.391 bits per heavy atom. The zero-order valence-corrected chi connectivity index (χ0v) is 77.7. The van der Waals surface area contributed by atoms with Crippen molar-refractivity contribution < 1.29 is 61.6 Å². The smallest absolute Gasteiger partial charge is 0.258 e. The van der Waals surface area contributed by atoms with Crippen molar-refractivity contribution in [1.82, 2.24) is 48.2 Å². The molecule has 4 aromatic carbocycles. The number of Topliss-reactive ketones (excluding diaryl/α,β-unsaturated/α-hetero) is 1. The summed E-state index contributed by atoms with van der Waals surface area (Å²) < 4.78 is 72.6. The number of aryl methyl sites for hydroxylation is 4. The first kappa shape index (κ1) is 107. The van der Waals surface area contributed by atoms with Crippen molar-refractivity contribution in [2.24, 2.45) is 0 Å². The van der Waals surface area contributed by atoms with E-state index in [1.165, 1.54) is 16.5 Å². The van der Waals surface area contributed by atoms with Gasteiger partial charge in [0.1, 0.15) is 28.4 Å². The first-order valence-electron chi connectivity index (χ1n) is 42.9. The van der Waals surface area contributed by atoms with Crippen molar-refractivity contribution in [2.45, 2.75) is 147 Å². The van der Waals surface area contributed by atoms with E-state index in [-0.39, 0.29) is 70.9 Å². The Balaban J connectivity index is 0.000000208. The lowest BCUT2D eigenvalue weighted by molar-refractivity contribution is -0.172. The number of carbonyl (C=O) groups excluding carboxylic acids is 1. The number of nitrogens with one attached hydrogen (secondary N) is 2. The van der Waals surface area contributed by atoms with E-state index in [0.717, 1.165) is 170 Å². The van der Waals surface area contributed by atoms with Crippen LogP contribution in [0.3, 0.4) is 0 Å². The van der Waals surface area contributed by atoms with Gasteiger partial charge in [0.05, 0.1) is 123 Å². The van der Waals surface area contributed by atoms with Crippen LogP contribution in [0, 0.1) is 27.7 Å². The van der Waals surface area contributed by atoms with Crippen molar-refractivity contribution in [3.8, 4) is 91.0 Å². The van der Waals surface area contributed by atoms with Gasteiger partial charge in [-0.1, -0.05) is 44.1 Å². The molecule has 0 saturated carbocycles. The highest BCUT2D eigenvalue weighted by atomic mass is 79.9. The van der Waals surface area contributed by atoms with Crippen LogP contribution in [0.1, 0.15) is 124 Å². The minimum atomic E-state index is -0.422. The van der Waals surface area contributed by atoms with Gasteiger partial charge in [0.2, 0.25) is 0 Å². The number of fused-ring (bicyclic) bond motifs is 4. The van der Waals surface area contributed by atoms with Gasteiger partial charge in [-0.2, -0.15) is 12.6 Å². The van der Waals surface area contributed by atoms with Gasteiger partial charge in [-0.15, -0.1) is 0 Å². The number of halogens is 1. The van der Waals surface area contributed by atoms with Crippen molar-refractivity contribution in [2.75, 3.05) is 163 Å². The number of pyridine rings is 4. The molecule has 14 heterocycles. The largest absolute Gasteiger partial charge is 0.493 e. The lowest BCUT2D eigenvalue weighted by Gasteiger charge is -2.38. The molecule has 0 aliphatic carbocycles. The standard InChI is InChI=1S/C25H32N4O3.C24H27N3O5.C22H23N3O4.C17H15BrN2O3.C7H13NO2.CH4S.5CH4/c1-5-10-26-19-8-11-28(12-9-19)20-13-17(2)25-27-21(15-24(30)29(25)16-20)18-6-7-22(31-3)23(14-18)32-4;1-16-12-18(26-8-6-24(7-9-26)31-10-11-32-24)15-27-22(28)14-19(25-23(16)27)17-4-5-20(29-2)21(13-17)30-3;1-14-10-16(24-8-6-17(26)7-9-24)13-25-21(27)12-18(23-22(14)25)15-4-5-19(28-2)20(11-15)29-3;1-10-6-12(18)9-20-16(21)8-13(19-17(10)20)11-4-5-14(22-2)15(7-11)23-3;1-3-8-4-2-7(1)9-5-6-10-7;1-2;;;;;/h6-7,13-16,19,26H,5,8-12H2,1-4H3;4-5,12-15H,6-11H2,1-3H3;4-5,10-13H,6-9H2,1-3H3;4-9H,1-3H3;8H,1-6H2;2H,1H3;5*1H4. The van der Waals surface area contributed by atoms with Crippen LogP contribution in [0.25, 0.3) is 67.6 Å². The Kier molecular flexibility index (Phi) is 39.2. The minimum absolute atomic E-state index is 0. The van der Waals surface area contributed by atoms with Crippen molar-refractivity contribution in [3.63, 3.8) is 0 Å². The summed E-state index contributed by atoms with van der Waals surface area (Å²) in [6.07, 6.45) is 17.1. The maximum absolute atomic E-state index is 13.1. The maximum Gasteiger partial charge on any atom is 0.258 e. The molecule has 0 amide bonds. The minimum Gasteiger partial charge on any atom is -0.493 e.